The molecule has 0 spiro atoms. The molecule has 1 aromatic rings. The fourth-order valence-electron chi connectivity index (χ4n) is 1.49. The zero-order valence-electron chi connectivity index (χ0n) is 10.8. The zero-order chi connectivity index (χ0) is 13.2. The summed E-state index contributed by atoms with van der Waals surface area (Å²) in [6, 6.07) is 3.83. The number of aliphatic hydroxyl groups is 1. The van der Waals surface area contributed by atoms with Gasteiger partial charge >= 0.3 is 0 Å². The van der Waals surface area contributed by atoms with Gasteiger partial charge in [0.2, 0.25) is 0 Å². The minimum absolute atomic E-state index is 0. The molecule has 0 bridgehead atoms. The Hall–Kier alpha value is -0.350. The quantitative estimate of drug-likeness (QED) is 0.893. The number of hydrogen-bond acceptors (Lipinski definition) is 2. The van der Waals surface area contributed by atoms with Gasteiger partial charge in [-0.1, -0.05) is 38.4 Å². The molecule has 0 saturated carbocycles. The molecule has 18 heavy (non-hydrogen) atoms. The predicted molar refractivity (Wildman–Crippen MR) is 75.7 cm³/mol. The third-order valence-electron chi connectivity index (χ3n) is 2.91. The van der Waals surface area contributed by atoms with Crippen molar-refractivity contribution in [2.75, 3.05) is 0 Å². The molecule has 0 heterocycles. The molecule has 0 aliphatic heterocycles. The van der Waals surface area contributed by atoms with E-state index in [1.807, 2.05) is 20.8 Å². The van der Waals surface area contributed by atoms with Crippen molar-refractivity contribution in [2.45, 2.75) is 39.3 Å². The van der Waals surface area contributed by atoms with Crippen molar-refractivity contribution in [2.24, 2.45) is 11.1 Å². The van der Waals surface area contributed by atoms with Crippen molar-refractivity contribution in [1.82, 2.24) is 0 Å². The number of aliphatic hydroxyl groups excluding tert-OH is 1. The second kappa shape index (κ2) is 6.71. The fraction of sp³-hybridized carbons (Fsp3) is 0.538. The topological polar surface area (TPSA) is 46.2 Å². The van der Waals surface area contributed by atoms with Gasteiger partial charge in [-0.25, -0.2) is 4.39 Å². The third kappa shape index (κ3) is 4.73. The average Bonchev–Trinajstić information content (AvgIpc) is 2.15. The molecule has 0 unspecified atom stereocenters. The van der Waals surface area contributed by atoms with E-state index in [4.69, 9.17) is 17.3 Å². The lowest BCUT2D eigenvalue weighted by Gasteiger charge is -2.29. The van der Waals surface area contributed by atoms with Gasteiger partial charge in [0.15, 0.2) is 0 Å². The van der Waals surface area contributed by atoms with E-state index in [1.165, 1.54) is 18.2 Å². The Labute approximate surface area is 119 Å². The molecular formula is C13H20Cl2FNO. The van der Waals surface area contributed by atoms with E-state index in [9.17, 15) is 9.50 Å². The summed E-state index contributed by atoms with van der Waals surface area (Å²) < 4.78 is 12.9. The van der Waals surface area contributed by atoms with Crippen LogP contribution in [0.5, 0.6) is 0 Å². The van der Waals surface area contributed by atoms with E-state index in [0.717, 1.165) is 0 Å². The summed E-state index contributed by atoms with van der Waals surface area (Å²) in [6.45, 7) is 6.03. The van der Waals surface area contributed by atoms with Gasteiger partial charge in [-0.15, -0.1) is 12.4 Å². The molecule has 0 radical (unpaired) electrons. The SMILES string of the molecule is CC(C)(C)[C@@H](N)C[C@H](O)c1ccc(F)cc1Cl.Cl. The predicted octanol–water partition coefficient (Wildman–Crippen LogP) is 3.70. The van der Waals surface area contributed by atoms with Crippen LogP contribution in [0, 0.1) is 11.2 Å². The van der Waals surface area contributed by atoms with E-state index < -0.39 is 11.9 Å². The number of nitrogens with two attached hydrogens (primary N) is 1. The van der Waals surface area contributed by atoms with Crippen LogP contribution in [0.4, 0.5) is 4.39 Å². The van der Waals surface area contributed by atoms with Crippen molar-refractivity contribution < 1.29 is 9.50 Å². The first kappa shape index (κ1) is 17.6. The standard InChI is InChI=1S/C13H19ClFNO.ClH/c1-13(2,3)12(16)7-11(17)9-5-4-8(15)6-10(9)14;/h4-6,11-12,17H,7,16H2,1-3H3;1H/t11-,12-;/m0./s1. The van der Waals surface area contributed by atoms with Gasteiger partial charge in [-0.2, -0.15) is 0 Å². The fourth-order valence-corrected chi connectivity index (χ4v) is 1.79. The molecule has 5 heteroatoms. The van der Waals surface area contributed by atoms with E-state index >= 15 is 0 Å². The van der Waals surface area contributed by atoms with E-state index in [-0.39, 0.29) is 28.9 Å². The van der Waals surface area contributed by atoms with E-state index in [1.54, 1.807) is 0 Å². The summed E-state index contributed by atoms with van der Waals surface area (Å²) in [5, 5.41) is 10.3. The molecule has 3 N–H and O–H groups in total. The van der Waals surface area contributed by atoms with E-state index in [0.29, 0.717) is 12.0 Å². The molecule has 2 atom stereocenters. The smallest absolute Gasteiger partial charge is 0.124 e. The lowest BCUT2D eigenvalue weighted by atomic mass is 9.83. The van der Waals surface area contributed by atoms with Crippen LogP contribution in [0.3, 0.4) is 0 Å². The molecular weight excluding hydrogens is 276 g/mol. The van der Waals surface area contributed by atoms with Gasteiger partial charge in [0.05, 0.1) is 6.10 Å². The number of hydrogen-bond donors (Lipinski definition) is 2. The molecule has 0 aromatic heterocycles. The maximum atomic E-state index is 12.9. The summed E-state index contributed by atoms with van der Waals surface area (Å²) in [5.74, 6) is -0.411. The molecule has 1 rings (SSSR count). The molecule has 0 fully saturated rings. The van der Waals surface area contributed by atoms with Gasteiger partial charge in [0, 0.05) is 11.1 Å². The summed E-state index contributed by atoms with van der Waals surface area (Å²) in [7, 11) is 0. The van der Waals surface area contributed by atoms with Crippen molar-refractivity contribution >= 4 is 24.0 Å². The summed E-state index contributed by atoms with van der Waals surface area (Å²) >= 11 is 5.88. The molecule has 0 aliphatic carbocycles. The first-order valence-corrected chi connectivity index (χ1v) is 5.98. The molecule has 1 aromatic carbocycles. The van der Waals surface area contributed by atoms with Crippen LogP contribution in [0.15, 0.2) is 18.2 Å². The molecule has 104 valence electrons. The molecule has 2 nitrogen and oxygen atoms in total. The number of rotatable bonds is 3. The number of benzene rings is 1. The van der Waals surface area contributed by atoms with Crippen molar-refractivity contribution in [1.29, 1.82) is 0 Å². The molecule has 0 aliphatic rings. The first-order chi connectivity index (χ1) is 7.71. The highest BCUT2D eigenvalue weighted by Crippen LogP contribution is 2.30. The first-order valence-electron chi connectivity index (χ1n) is 5.60. The highest BCUT2D eigenvalue weighted by Gasteiger charge is 2.24. The third-order valence-corrected chi connectivity index (χ3v) is 3.24. The highest BCUT2D eigenvalue weighted by atomic mass is 35.5. The summed E-state index contributed by atoms with van der Waals surface area (Å²) in [5.41, 5.74) is 6.42. The normalized spacial score (nSPS) is 14.8. The van der Waals surface area contributed by atoms with Gasteiger partial charge in [-0.05, 0) is 29.5 Å². The lowest BCUT2D eigenvalue weighted by Crippen LogP contribution is -2.36. The number of halogens is 3. The van der Waals surface area contributed by atoms with Gasteiger partial charge in [0.1, 0.15) is 5.82 Å². The Morgan fingerprint density at radius 3 is 2.39 bits per heavy atom. The lowest BCUT2D eigenvalue weighted by molar-refractivity contribution is 0.133. The van der Waals surface area contributed by atoms with Crippen molar-refractivity contribution in [3.63, 3.8) is 0 Å². The molecule has 0 amide bonds. The van der Waals surface area contributed by atoms with Crippen LogP contribution < -0.4 is 5.73 Å². The second-order valence-electron chi connectivity index (χ2n) is 5.39. The highest BCUT2D eigenvalue weighted by molar-refractivity contribution is 6.31. The minimum Gasteiger partial charge on any atom is -0.388 e. The van der Waals surface area contributed by atoms with Crippen molar-refractivity contribution in [3.8, 4) is 0 Å². The van der Waals surface area contributed by atoms with Gasteiger partial charge in [-0.3, -0.25) is 0 Å². The Morgan fingerprint density at radius 2 is 1.94 bits per heavy atom. The van der Waals surface area contributed by atoms with Crippen LogP contribution >= 0.6 is 24.0 Å². The maximum absolute atomic E-state index is 12.9. The Bertz CT molecular complexity index is 393. The Balaban J connectivity index is 0.00000289. The van der Waals surface area contributed by atoms with Gasteiger partial charge < -0.3 is 10.8 Å². The summed E-state index contributed by atoms with van der Waals surface area (Å²) in [4.78, 5) is 0. The van der Waals surface area contributed by atoms with Crippen LogP contribution in [0.1, 0.15) is 38.9 Å². The van der Waals surface area contributed by atoms with E-state index in [2.05, 4.69) is 0 Å². The average molecular weight is 296 g/mol. The van der Waals surface area contributed by atoms with Gasteiger partial charge in [0.25, 0.3) is 0 Å². The second-order valence-corrected chi connectivity index (χ2v) is 5.80. The zero-order valence-corrected chi connectivity index (χ0v) is 12.4. The van der Waals surface area contributed by atoms with Crippen LogP contribution in [0.25, 0.3) is 0 Å². The van der Waals surface area contributed by atoms with Crippen molar-refractivity contribution in [3.05, 3.63) is 34.6 Å². The Kier molecular flexibility index (Phi) is 6.58. The van der Waals surface area contributed by atoms with Crippen LogP contribution in [-0.4, -0.2) is 11.1 Å². The van der Waals surface area contributed by atoms with Crippen LogP contribution in [-0.2, 0) is 0 Å². The molecule has 0 saturated heterocycles. The monoisotopic (exact) mass is 295 g/mol. The summed E-state index contributed by atoms with van der Waals surface area (Å²) in [6.07, 6.45) is -0.369. The minimum atomic E-state index is -0.766. The largest absolute Gasteiger partial charge is 0.388 e. The Morgan fingerprint density at radius 1 is 1.39 bits per heavy atom. The van der Waals surface area contributed by atoms with Crippen LogP contribution in [0.2, 0.25) is 5.02 Å². The maximum Gasteiger partial charge on any atom is 0.124 e.